The molecule has 1 aliphatic rings. The summed E-state index contributed by atoms with van der Waals surface area (Å²) in [4.78, 5) is 14.7. The van der Waals surface area contributed by atoms with Gasteiger partial charge in [-0.25, -0.2) is 0 Å². The predicted octanol–water partition coefficient (Wildman–Crippen LogP) is 1.79. The smallest absolute Gasteiger partial charge is 0.253 e. The Kier molecular flexibility index (Phi) is 4.43. The van der Waals surface area contributed by atoms with E-state index < -0.39 is 0 Å². The molecule has 1 aromatic rings. The molecule has 4 heteroatoms. The standard InChI is InChI=1S/C15H23N3O/c1-3-18-9-7-12(8-10-18)17-15(19)14-11(2)5-4-6-13(14)16/h4-6,12H,3,7-10,16H2,1-2H3,(H,17,19). The van der Waals surface area contributed by atoms with Gasteiger partial charge in [0, 0.05) is 24.8 Å². The van der Waals surface area contributed by atoms with Crippen molar-refractivity contribution in [3.8, 4) is 0 Å². The van der Waals surface area contributed by atoms with Crippen LogP contribution in [0.3, 0.4) is 0 Å². The molecule has 2 rings (SSSR count). The van der Waals surface area contributed by atoms with Crippen molar-refractivity contribution < 1.29 is 4.79 Å². The van der Waals surface area contributed by atoms with Gasteiger partial charge in [0.15, 0.2) is 0 Å². The van der Waals surface area contributed by atoms with E-state index in [1.807, 2.05) is 19.1 Å². The molecule has 1 fully saturated rings. The molecule has 0 bridgehead atoms. The van der Waals surface area contributed by atoms with Crippen LogP contribution in [-0.4, -0.2) is 36.5 Å². The molecule has 19 heavy (non-hydrogen) atoms. The lowest BCUT2D eigenvalue weighted by Crippen LogP contribution is -2.44. The van der Waals surface area contributed by atoms with Crippen LogP contribution in [0.5, 0.6) is 0 Å². The number of piperidine rings is 1. The Bertz CT molecular complexity index is 430. The SMILES string of the molecule is CCN1CCC(NC(=O)c2c(C)cccc2N)CC1. The summed E-state index contributed by atoms with van der Waals surface area (Å²) in [7, 11) is 0. The highest BCUT2D eigenvalue weighted by Crippen LogP contribution is 2.17. The van der Waals surface area contributed by atoms with Crippen molar-refractivity contribution in [3.63, 3.8) is 0 Å². The predicted molar refractivity (Wildman–Crippen MR) is 78.2 cm³/mol. The number of nitrogen functional groups attached to an aromatic ring is 1. The lowest BCUT2D eigenvalue weighted by molar-refractivity contribution is 0.0913. The number of anilines is 1. The number of carbonyl (C=O) groups is 1. The second-order valence-electron chi connectivity index (χ2n) is 5.22. The second kappa shape index (κ2) is 6.06. The van der Waals surface area contributed by atoms with Gasteiger partial charge in [0.2, 0.25) is 0 Å². The van der Waals surface area contributed by atoms with Gasteiger partial charge < -0.3 is 16.0 Å². The molecule has 0 aromatic heterocycles. The summed E-state index contributed by atoms with van der Waals surface area (Å²) in [5, 5.41) is 3.12. The first kappa shape index (κ1) is 13.9. The Morgan fingerprint density at radius 2 is 2.11 bits per heavy atom. The molecule has 0 radical (unpaired) electrons. The van der Waals surface area contributed by atoms with Crippen molar-refractivity contribution in [2.75, 3.05) is 25.4 Å². The highest BCUT2D eigenvalue weighted by molar-refractivity contribution is 6.00. The largest absolute Gasteiger partial charge is 0.398 e. The van der Waals surface area contributed by atoms with E-state index in [1.54, 1.807) is 6.07 Å². The van der Waals surface area contributed by atoms with Crippen LogP contribution < -0.4 is 11.1 Å². The summed E-state index contributed by atoms with van der Waals surface area (Å²) in [6, 6.07) is 5.85. The third-order valence-electron chi connectivity index (χ3n) is 3.90. The molecular weight excluding hydrogens is 238 g/mol. The molecule has 0 atom stereocenters. The maximum atomic E-state index is 12.3. The molecule has 1 amide bonds. The Hall–Kier alpha value is -1.55. The van der Waals surface area contributed by atoms with Crippen LogP contribution in [0.2, 0.25) is 0 Å². The fraction of sp³-hybridized carbons (Fsp3) is 0.533. The van der Waals surface area contributed by atoms with Crippen LogP contribution in [0.4, 0.5) is 5.69 Å². The Morgan fingerprint density at radius 3 is 2.68 bits per heavy atom. The highest BCUT2D eigenvalue weighted by atomic mass is 16.1. The first-order chi connectivity index (χ1) is 9.11. The molecule has 3 N–H and O–H groups in total. The van der Waals surface area contributed by atoms with Crippen molar-refractivity contribution in [1.82, 2.24) is 10.2 Å². The molecule has 0 saturated carbocycles. The maximum absolute atomic E-state index is 12.3. The number of rotatable bonds is 3. The molecule has 1 heterocycles. The minimum atomic E-state index is -0.0365. The van der Waals surface area contributed by atoms with Gasteiger partial charge in [0.05, 0.1) is 5.56 Å². The van der Waals surface area contributed by atoms with E-state index in [0.717, 1.165) is 38.0 Å². The lowest BCUT2D eigenvalue weighted by Gasteiger charge is -2.31. The van der Waals surface area contributed by atoms with E-state index in [2.05, 4.69) is 17.1 Å². The third kappa shape index (κ3) is 3.26. The summed E-state index contributed by atoms with van der Waals surface area (Å²) in [5.74, 6) is -0.0365. The number of nitrogens with one attached hydrogen (secondary N) is 1. The lowest BCUT2D eigenvalue weighted by atomic mass is 10.0. The highest BCUT2D eigenvalue weighted by Gasteiger charge is 2.21. The number of likely N-dealkylation sites (tertiary alicyclic amines) is 1. The zero-order valence-electron chi connectivity index (χ0n) is 11.8. The molecule has 1 aromatic carbocycles. The number of benzene rings is 1. The molecule has 0 spiro atoms. The Labute approximate surface area is 115 Å². The molecule has 4 nitrogen and oxygen atoms in total. The van der Waals surface area contributed by atoms with E-state index in [4.69, 9.17) is 5.73 Å². The van der Waals surface area contributed by atoms with Crippen molar-refractivity contribution in [2.24, 2.45) is 0 Å². The second-order valence-corrected chi connectivity index (χ2v) is 5.22. The quantitative estimate of drug-likeness (QED) is 0.816. The summed E-state index contributed by atoms with van der Waals surface area (Å²) in [6.07, 6.45) is 2.04. The van der Waals surface area contributed by atoms with Gasteiger partial charge in [-0.05, 0) is 37.9 Å². The van der Waals surface area contributed by atoms with Gasteiger partial charge in [-0.3, -0.25) is 4.79 Å². The van der Waals surface area contributed by atoms with Crippen LogP contribution in [0.25, 0.3) is 0 Å². The Balaban J connectivity index is 1.98. The number of amides is 1. The zero-order valence-corrected chi connectivity index (χ0v) is 11.8. The van der Waals surface area contributed by atoms with Gasteiger partial charge in [0.25, 0.3) is 5.91 Å². The number of nitrogens with two attached hydrogens (primary N) is 1. The van der Waals surface area contributed by atoms with Gasteiger partial charge in [-0.15, -0.1) is 0 Å². The van der Waals surface area contributed by atoms with E-state index in [1.165, 1.54) is 0 Å². The molecular formula is C15H23N3O. The van der Waals surface area contributed by atoms with Crippen LogP contribution in [-0.2, 0) is 0 Å². The summed E-state index contributed by atoms with van der Waals surface area (Å²) < 4.78 is 0. The minimum Gasteiger partial charge on any atom is -0.398 e. The van der Waals surface area contributed by atoms with E-state index in [9.17, 15) is 4.79 Å². The Morgan fingerprint density at radius 1 is 1.42 bits per heavy atom. The van der Waals surface area contributed by atoms with Gasteiger partial charge in [-0.1, -0.05) is 19.1 Å². The average molecular weight is 261 g/mol. The van der Waals surface area contributed by atoms with E-state index in [0.29, 0.717) is 11.3 Å². The number of hydrogen-bond donors (Lipinski definition) is 2. The monoisotopic (exact) mass is 261 g/mol. The number of nitrogens with zero attached hydrogens (tertiary/aromatic N) is 1. The first-order valence-electron chi connectivity index (χ1n) is 7.00. The van der Waals surface area contributed by atoms with Crippen molar-refractivity contribution in [3.05, 3.63) is 29.3 Å². The van der Waals surface area contributed by atoms with Crippen LogP contribution >= 0.6 is 0 Å². The fourth-order valence-electron chi connectivity index (χ4n) is 2.65. The van der Waals surface area contributed by atoms with E-state index in [-0.39, 0.29) is 11.9 Å². The molecule has 1 aliphatic heterocycles. The number of carbonyl (C=O) groups excluding carboxylic acids is 1. The summed E-state index contributed by atoms with van der Waals surface area (Å²) >= 11 is 0. The normalized spacial score (nSPS) is 17.4. The van der Waals surface area contributed by atoms with Crippen molar-refractivity contribution in [2.45, 2.75) is 32.7 Å². The summed E-state index contributed by atoms with van der Waals surface area (Å²) in [5.41, 5.74) is 8.02. The van der Waals surface area contributed by atoms with Crippen LogP contribution in [0.15, 0.2) is 18.2 Å². The first-order valence-corrected chi connectivity index (χ1v) is 7.00. The summed E-state index contributed by atoms with van der Waals surface area (Å²) in [6.45, 7) is 7.30. The minimum absolute atomic E-state index is 0.0365. The number of aryl methyl sites for hydroxylation is 1. The average Bonchev–Trinajstić information content (AvgIpc) is 2.39. The third-order valence-corrected chi connectivity index (χ3v) is 3.90. The fourth-order valence-corrected chi connectivity index (χ4v) is 2.65. The van der Waals surface area contributed by atoms with Crippen LogP contribution in [0.1, 0.15) is 35.7 Å². The van der Waals surface area contributed by atoms with Crippen molar-refractivity contribution in [1.29, 1.82) is 0 Å². The van der Waals surface area contributed by atoms with Crippen molar-refractivity contribution >= 4 is 11.6 Å². The van der Waals surface area contributed by atoms with Gasteiger partial charge in [-0.2, -0.15) is 0 Å². The molecule has 0 aliphatic carbocycles. The molecule has 0 unspecified atom stereocenters. The molecule has 1 saturated heterocycles. The van der Waals surface area contributed by atoms with E-state index >= 15 is 0 Å². The van der Waals surface area contributed by atoms with Crippen LogP contribution in [0, 0.1) is 6.92 Å². The molecule has 104 valence electrons. The van der Waals surface area contributed by atoms with Gasteiger partial charge in [0.1, 0.15) is 0 Å². The van der Waals surface area contributed by atoms with Gasteiger partial charge >= 0.3 is 0 Å². The maximum Gasteiger partial charge on any atom is 0.253 e. The topological polar surface area (TPSA) is 58.4 Å². The zero-order chi connectivity index (χ0) is 13.8. The number of hydrogen-bond acceptors (Lipinski definition) is 3.